The van der Waals surface area contributed by atoms with Crippen LogP contribution < -0.4 is 11.0 Å². The molecule has 1 amide bonds. The SMILES string of the molecule is Cc1ccc(-c2cnn(C(C)C(=O)Nc3cc(C)ccc3C)c(=O)n2)cc1. The predicted molar refractivity (Wildman–Crippen MR) is 106 cm³/mol. The fraction of sp³-hybridized carbons (Fsp3) is 0.238. The summed E-state index contributed by atoms with van der Waals surface area (Å²) in [5.74, 6) is -0.316. The van der Waals surface area contributed by atoms with Crippen LogP contribution in [0.3, 0.4) is 0 Å². The molecule has 6 nitrogen and oxygen atoms in total. The van der Waals surface area contributed by atoms with Crippen molar-refractivity contribution in [2.45, 2.75) is 33.7 Å². The summed E-state index contributed by atoms with van der Waals surface area (Å²) < 4.78 is 1.10. The van der Waals surface area contributed by atoms with Crippen molar-refractivity contribution in [2.75, 3.05) is 5.32 Å². The van der Waals surface area contributed by atoms with Gasteiger partial charge in [0.25, 0.3) is 0 Å². The van der Waals surface area contributed by atoms with E-state index in [1.165, 1.54) is 6.20 Å². The van der Waals surface area contributed by atoms with Gasteiger partial charge in [0, 0.05) is 11.3 Å². The van der Waals surface area contributed by atoms with Crippen LogP contribution in [0.1, 0.15) is 29.7 Å². The second-order valence-corrected chi connectivity index (χ2v) is 6.72. The second kappa shape index (κ2) is 7.53. The lowest BCUT2D eigenvalue weighted by Crippen LogP contribution is -2.35. The van der Waals surface area contributed by atoms with Gasteiger partial charge in [0.05, 0.1) is 11.9 Å². The molecule has 0 saturated heterocycles. The van der Waals surface area contributed by atoms with Gasteiger partial charge in [-0.1, -0.05) is 42.0 Å². The zero-order valence-electron chi connectivity index (χ0n) is 15.9. The predicted octanol–water partition coefficient (Wildman–Crippen LogP) is 3.43. The Morgan fingerprint density at radius 2 is 1.70 bits per heavy atom. The third kappa shape index (κ3) is 4.11. The van der Waals surface area contributed by atoms with Crippen LogP contribution in [0.4, 0.5) is 5.69 Å². The van der Waals surface area contributed by atoms with Gasteiger partial charge in [0.2, 0.25) is 5.91 Å². The normalized spacial score (nSPS) is 11.9. The van der Waals surface area contributed by atoms with Gasteiger partial charge in [-0.05, 0) is 44.9 Å². The highest BCUT2D eigenvalue weighted by Gasteiger charge is 2.19. The molecule has 1 atom stereocenters. The molecule has 0 saturated carbocycles. The Labute approximate surface area is 157 Å². The maximum Gasteiger partial charge on any atom is 0.365 e. The number of rotatable bonds is 4. The van der Waals surface area contributed by atoms with E-state index in [0.717, 1.165) is 32.6 Å². The van der Waals surface area contributed by atoms with Crippen molar-refractivity contribution in [3.05, 3.63) is 75.8 Å². The first-order chi connectivity index (χ1) is 12.8. The third-order valence-electron chi connectivity index (χ3n) is 4.46. The number of benzene rings is 2. The lowest BCUT2D eigenvalue weighted by Gasteiger charge is -2.15. The first kappa shape index (κ1) is 18.5. The van der Waals surface area contributed by atoms with Crippen LogP contribution in [0.2, 0.25) is 0 Å². The van der Waals surface area contributed by atoms with Gasteiger partial charge >= 0.3 is 5.69 Å². The van der Waals surface area contributed by atoms with E-state index >= 15 is 0 Å². The van der Waals surface area contributed by atoms with Crippen molar-refractivity contribution in [1.29, 1.82) is 0 Å². The quantitative estimate of drug-likeness (QED) is 0.771. The topological polar surface area (TPSA) is 76.9 Å². The molecule has 1 unspecified atom stereocenters. The van der Waals surface area contributed by atoms with Crippen molar-refractivity contribution in [3.8, 4) is 11.3 Å². The minimum absolute atomic E-state index is 0.316. The molecule has 3 rings (SSSR count). The zero-order valence-corrected chi connectivity index (χ0v) is 15.9. The fourth-order valence-corrected chi connectivity index (χ4v) is 2.70. The molecule has 0 spiro atoms. The summed E-state index contributed by atoms with van der Waals surface area (Å²) in [7, 11) is 0. The molecule has 0 bridgehead atoms. The van der Waals surface area contributed by atoms with E-state index in [2.05, 4.69) is 15.4 Å². The number of aromatic nitrogens is 3. The summed E-state index contributed by atoms with van der Waals surface area (Å²) in [6, 6.07) is 12.7. The summed E-state index contributed by atoms with van der Waals surface area (Å²) in [6.45, 7) is 7.49. The molecule has 2 aromatic carbocycles. The van der Waals surface area contributed by atoms with Crippen LogP contribution in [0.15, 0.2) is 53.5 Å². The largest absolute Gasteiger partial charge is 0.365 e. The molecular formula is C21H22N4O2. The average Bonchev–Trinajstić information content (AvgIpc) is 2.64. The molecule has 138 valence electrons. The monoisotopic (exact) mass is 362 g/mol. The highest BCUT2D eigenvalue weighted by Crippen LogP contribution is 2.18. The Kier molecular flexibility index (Phi) is 5.16. The Morgan fingerprint density at radius 1 is 1.04 bits per heavy atom. The van der Waals surface area contributed by atoms with Crippen molar-refractivity contribution in [1.82, 2.24) is 14.8 Å². The van der Waals surface area contributed by atoms with E-state index in [1.807, 2.05) is 63.2 Å². The van der Waals surface area contributed by atoms with Gasteiger partial charge in [-0.2, -0.15) is 10.1 Å². The van der Waals surface area contributed by atoms with E-state index in [9.17, 15) is 9.59 Å². The van der Waals surface area contributed by atoms with Gasteiger partial charge in [0.15, 0.2) is 0 Å². The minimum atomic E-state index is -0.781. The van der Waals surface area contributed by atoms with Crippen molar-refractivity contribution in [3.63, 3.8) is 0 Å². The van der Waals surface area contributed by atoms with Crippen molar-refractivity contribution < 1.29 is 4.79 Å². The number of anilines is 1. The molecule has 6 heteroatoms. The molecule has 0 radical (unpaired) electrons. The van der Waals surface area contributed by atoms with Crippen LogP contribution >= 0.6 is 0 Å². The summed E-state index contributed by atoms with van der Waals surface area (Å²) in [4.78, 5) is 29.1. The highest BCUT2D eigenvalue weighted by molar-refractivity contribution is 5.94. The van der Waals surface area contributed by atoms with Crippen LogP contribution in [0.25, 0.3) is 11.3 Å². The summed E-state index contributed by atoms with van der Waals surface area (Å²) >= 11 is 0. The van der Waals surface area contributed by atoms with E-state index in [4.69, 9.17) is 0 Å². The summed E-state index contributed by atoms with van der Waals surface area (Å²) in [5, 5.41) is 7.02. The Balaban J connectivity index is 1.83. The Bertz CT molecular complexity index is 1040. The van der Waals surface area contributed by atoms with Gasteiger partial charge in [-0.15, -0.1) is 0 Å². The smallest absolute Gasteiger partial charge is 0.324 e. The molecular weight excluding hydrogens is 340 g/mol. The zero-order chi connectivity index (χ0) is 19.6. The first-order valence-corrected chi connectivity index (χ1v) is 8.76. The number of nitrogens with one attached hydrogen (secondary N) is 1. The second-order valence-electron chi connectivity index (χ2n) is 6.72. The lowest BCUT2D eigenvalue weighted by atomic mass is 10.1. The fourth-order valence-electron chi connectivity index (χ4n) is 2.70. The number of carbonyl (C=O) groups excluding carboxylic acids is 1. The van der Waals surface area contributed by atoms with E-state index < -0.39 is 11.7 Å². The molecule has 0 fully saturated rings. The molecule has 1 N–H and O–H groups in total. The van der Waals surface area contributed by atoms with E-state index in [1.54, 1.807) is 6.92 Å². The number of hydrogen-bond donors (Lipinski definition) is 1. The minimum Gasteiger partial charge on any atom is -0.324 e. The van der Waals surface area contributed by atoms with Gasteiger partial charge < -0.3 is 5.32 Å². The molecule has 27 heavy (non-hydrogen) atoms. The van der Waals surface area contributed by atoms with Crippen molar-refractivity contribution in [2.24, 2.45) is 0 Å². The average molecular weight is 362 g/mol. The number of hydrogen-bond acceptors (Lipinski definition) is 4. The van der Waals surface area contributed by atoms with Crippen molar-refractivity contribution >= 4 is 11.6 Å². The maximum atomic E-state index is 12.6. The van der Waals surface area contributed by atoms with Crippen LogP contribution in [0.5, 0.6) is 0 Å². The summed E-state index contributed by atoms with van der Waals surface area (Å²) in [6.07, 6.45) is 1.51. The number of nitrogens with zero attached hydrogens (tertiary/aromatic N) is 3. The maximum absolute atomic E-state index is 12.6. The number of amides is 1. The van der Waals surface area contributed by atoms with Gasteiger partial charge in [0.1, 0.15) is 6.04 Å². The molecule has 3 aromatic rings. The standard InChI is InChI=1S/C21H22N4O2/c1-13-6-9-17(10-7-13)19-12-22-25(21(27)24-19)16(4)20(26)23-18-11-14(2)5-8-15(18)3/h5-12,16H,1-4H3,(H,23,26). The number of aryl methyl sites for hydroxylation is 3. The third-order valence-corrected chi connectivity index (χ3v) is 4.46. The Morgan fingerprint density at radius 3 is 2.37 bits per heavy atom. The molecule has 1 aromatic heterocycles. The summed E-state index contributed by atoms with van der Waals surface area (Å²) in [5.41, 5.74) is 4.58. The molecule has 0 aliphatic heterocycles. The van der Waals surface area contributed by atoms with Crippen LogP contribution in [-0.4, -0.2) is 20.7 Å². The Hall–Kier alpha value is -3.28. The van der Waals surface area contributed by atoms with Crippen LogP contribution in [-0.2, 0) is 4.79 Å². The van der Waals surface area contributed by atoms with Gasteiger partial charge in [-0.3, -0.25) is 4.79 Å². The molecule has 0 aliphatic rings. The van der Waals surface area contributed by atoms with E-state index in [0.29, 0.717) is 5.69 Å². The first-order valence-electron chi connectivity index (χ1n) is 8.76. The lowest BCUT2D eigenvalue weighted by molar-refractivity contribution is -0.119. The van der Waals surface area contributed by atoms with Crippen LogP contribution in [0, 0.1) is 20.8 Å². The van der Waals surface area contributed by atoms with Gasteiger partial charge in [-0.25, -0.2) is 9.48 Å². The van der Waals surface area contributed by atoms with E-state index in [-0.39, 0.29) is 5.91 Å². The molecule has 0 aliphatic carbocycles. The highest BCUT2D eigenvalue weighted by atomic mass is 16.2. The number of carbonyl (C=O) groups is 1. The molecule has 1 heterocycles.